The number of carbonyl (C=O) groups is 1. The third kappa shape index (κ3) is 29.8. The minimum atomic E-state index is -1.83. The summed E-state index contributed by atoms with van der Waals surface area (Å²) in [4.78, 5) is 8.56. The summed E-state index contributed by atoms with van der Waals surface area (Å²) in [6.07, 6.45) is -1.83. The molecule has 0 aromatic heterocycles. The monoisotopic (exact) mass is 274 g/mol. The number of nitrogens with one attached hydrogen (secondary N) is 2. The fourth-order valence-electron chi connectivity index (χ4n) is 0.339. The molecule has 5 nitrogen and oxygen atoms in total. The van der Waals surface area contributed by atoms with Crippen molar-refractivity contribution in [1.82, 2.24) is 10.6 Å². The fraction of sp³-hybridized carbons (Fsp3) is 0.400. The molecule has 0 rings (SSSR count). The summed E-state index contributed by atoms with van der Waals surface area (Å²) in [5.74, 6) is 0. The van der Waals surface area contributed by atoms with Crippen LogP contribution in [-0.4, -0.2) is 38.1 Å². The van der Waals surface area contributed by atoms with Crippen LogP contribution in [0, 0.1) is 0 Å². The largest absolute Gasteiger partial charge is 0.503 e. The Labute approximate surface area is 103 Å². The molecule has 0 bridgehead atoms. The van der Waals surface area contributed by atoms with E-state index >= 15 is 0 Å². The van der Waals surface area contributed by atoms with Gasteiger partial charge in [0.2, 0.25) is 0 Å². The average Bonchev–Trinajstić information content (AvgIpc) is 1.96. The van der Waals surface area contributed by atoms with Crippen LogP contribution in [0.25, 0.3) is 0 Å². The first-order valence-corrected chi connectivity index (χ1v) is 4.92. The van der Waals surface area contributed by atoms with Crippen molar-refractivity contribution in [2.45, 2.75) is 0 Å². The standard InChI is InChI=1S/C4H8N2S4.CH2O3/c7-3(8)5-1-2-6-4(9)10;2-1(3)4/h1-2H2,(H2,5,7,8)(H2,6,9,10);(H2,2,3,4). The van der Waals surface area contributed by atoms with Crippen molar-refractivity contribution in [3.8, 4) is 0 Å². The molecule has 0 unspecified atom stereocenters. The van der Waals surface area contributed by atoms with Crippen LogP contribution in [0.4, 0.5) is 4.79 Å². The molecule has 0 aromatic rings. The molecule has 0 atom stereocenters. The number of hydrogen-bond donors (Lipinski definition) is 6. The zero-order chi connectivity index (χ0) is 11.6. The van der Waals surface area contributed by atoms with Crippen LogP contribution in [0.2, 0.25) is 0 Å². The van der Waals surface area contributed by atoms with Gasteiger partial charge < -0.3 is 20.8 Å². The molecule has 0 aliphatic heterocycles. The van der Waals surface area contributed by atoms with Gasteiger partial charge in [0.15, 0.2) is 0 Å². The van der Waals surface area contributed by atoms with E-state index in [2.05, 4.69) is 60.3 Å². The van der Waals surface area contributed by atoms with Crippen molar-refractivity contribution in [2.75, 3.05) is 13.1 Å². The maximum Gasteiger partial charge on any atom is 0.503 e. The molecule has 9 heteroatoms. The summed E-state index contributed by atoms with van der Waals surface area (Å²) < 4.78 is 0.985. The molecule has 0 aliphatic rings. The quantitative estimate of drug-likeness (QED) is 0.258. The first-order valence-electron chi connectivity index (χ1n) is 3.21. The van der Waals surface area contributed by atoms with Gasteiger partial charge >= 0.3 is 6.16 Å². The van der Waals surface area contributed by atoms with E-state index in [1.54, 1.807) is 0 Å². The molecule has 0 heterocycles. The maximum atomic E-state index is 8.56. The Hall–Kier alpha value is -0.250. The molecule has 0 radical (unpaired) electrons. The third-order valence-electron chi connectivity index (χ3n) is 0.677. The first-order chi connectivity index (χ1) is 6.36. The van der Waals surface area contributed by atoms with Crippen molar-refractivity contribution in [3.63, 3.8) is 0 Å². The smallest absolute Gasteiger partial charge is 0.450 e. The number of carboxylic acid groups (broad SMARTS) is 2. The predicted molar refractivity (Wildman–Crippen MR) is 69.8 cm³/mol. The van der Waals surface area contributed by atoms with E-state index in [-0.39, 0.29) is 0 Å². The Morgan fingerprint density at radius 2 is 1.29 bits per heavy atom. The van der Waals surface area contributed by atoms with Gasteiger partial charge in [-0.3, -0.25) is 0 Å². The maximum absolute atomic E-state index is 8.56. The SMILES string of the molecule is O=C(O)O.S=C(S)NCCNC(=S)S. The lowest BCUT2D eigenvalue weighted by molar-refractivity contribution is 0.137. The van der Waals surface area contributed by atoms with Gasteiger partial charge in [-0.15, -0.1) is 25.3 Å². The molecule has 14 heavy (non-hydrogen) atoms. The fourth-order valence-corrected chi connectivity index (χ4v) is 0.767. The lowest BCUT2D eigenvalue weighted by Crippen LogP contribution is -2.29. The molecule has 0 saturated carbocycles. The van der Waals surface area contributed by atoms with Crippen molar-refractivity contribution >= 4 is 64.5 Å². The molecule has 0 spiro atoms. The lowest BCUT2D eigenvalue weighted by Gasteiger charge is -2.03. The first kappa shape index (κ1) is 16.2. The van der Waals surface area contributed by atoms with Crippen LogP contribution < -0.4 is 10.6 Å². The molecule has 4 N–H and O–H groups in total. The van der Waals surface area contributed by atoms with E-state index < -0.39 is 6.16 Å². The molecular formula is C5H10N2O3S4. The predicted octanol–water partition coefficient (Wildman–Crippen LogP) is 0.817. The summed E-state index contributed by atoms with van der Waals surface area (Å²) in [5.41, 5.74) is 0. The van der Waals surface area contributed by atoms with Gasteiger partial charge in [-0.05, 0) is 0 Å². The van der Waals surface area contributed by atoms with Gasteiger partial charge in [0.25, 0.3) is 0 Å². The molecule has 0 saturated heterocycles. The van der Waals surface area contributed by atoms with E-state index in [4.69, 9.17) is 15.0 Å². The highest BCUT2D eigenvalue weighted by Gasteiger charge is 1.87. The average molecular weight is 274 g/mol. The Kier molecular flexibility index (Phi) is 12.5. The Morgan fingerprint density at radius 3 is 1.43 bits per heavy atom. The van der Waals surface area contributed by atoms with E-state index in [1.165, 1.54) is 0 Å². The topological polar surface area (TPSA) is 81.6 Å². The van der Waals surface area contributed by atoms with Gasteiger partial charge in [0.1, 0.15) is 8.64 Å². The molecule has 0 amide bonds. The molecule has 82 valence electrons. The lowest BCUT2D eigenvalue weighted by atomic mass is 10.6. The summed E-state index contributed by atoms with van der Waals surface area (Å²) in [6.45, 7) is 1.42. The Morgan fingerprint density at radius 1 is 1.07 bits per heavy atom. The zero-order valence-corrected chi connectivity index (χ0v) is 10.3. The third-order valence-corrected chi connectivity index (χ3v) is 1.28. The van der Waals surface area contributed by atoms with Crippen molar-refractivity contribution in [3.05, 3.63) is 0 Å². The Balaban J connectivity index is 0. The number of rotatable bonds is 3. The van der Waals surface area contributed by atoms with Gasteiger partial charge in [-0.25, -0.2) is 4.79 Å². The van der Waals surface area contributed by atoms with Gasteiger partial charge in [-0.2, -0.15) is 0 Å². The highest BCUT2D eigenvalue weighted by atomic mass is 32.1. The highest BCUT2D eigenvalue weighted by Crippen LogP contribution is 1.77. The molecular weight excluding hydrogens is 264 g/mol. The number of thiol groups is 2. The summed E-state index contributed by atoms with van der Waals surface area (Å²) in [7, 11) is 0. The second kappa shape index (κ2) is 10.8. The Bertz CT molecular complexity index is 191. The van der Waals surface area contributed by atoms with E-state index in [0.29, 0.717) is 21.7 Å². The number of hydrogen-bond acceptors (Lipinski definition) is 3. The minimum absolute atomic E-state index is 0.492. The second-order valence-corrected chi connectivity index (χ2v) is 4.06. The second-order valence-electron chi connectivity index (χ2n) is 1.75. The van der Waals surface area contributed by atoms with E-state index in [9.17, 15) is 0 Å². The molecule has 0 aliphatic carbocycles. The van der Waals surface area contributed by atoms with Crippen LogP contribution in [0.3, 0.4) is 0 Å². The molecule has 0 aromatic carbocycles. The van der Waals surface area contributed by atoms with Crippen molar-refractivity contribution < 1.29 is 15.0 Å². The zero-order valence-electron chi connectivity index (χ0n) is 6.93. The summed E-state index contributed by atoms with van der Waals surface area (Å²) >= 11 is 17.0. The van der Waals surface area contributed by atoms with Gasteiger partial charge in [0, 0.05) is 13.1 Å². The van der Waals surface area contributed by atoms with Crippen molar-refractivity contribution in [1.29, 1.82) is 0 Å². The van der Waals surface area contributed by atoms with Crippen LogP contribution in [-0.2, 0) is 0 Å². The van der Waals surface area contributed by atoms with E-state index in [1.807, 2.05) is 0 Å². The van der Waals surface area contributed by atoms with Gasteiger partial charge in [0.05, 0.1) is 0 Å². The van der Waals surface area contributed by atoms with Crippen LogP contribution in [0.15, 0.2) is 0 Å². The van der Waals surface area contributed by atoms with Crippen LogP contribution in [0.5, 0.6) is 0 Å². The van der Waals surface area contributed by atoms with Crippen LogP contribution >= 0.6 is 49.7 Å². The van der Waals surface area contributed by atoms with Gasteiger partial charge in [-0.1, -0.05) is 24.4 Å². The summed E-state index contributed by atoms with van der Waals surface area (Å²) in [6, 6.07) is 0. The van der Waals surface area contributed by atoms with Crippen molar-refractivity contribution in [2.24, 2.45) is 0 Å². The summed E-state index contributed by atoms with van der Waals surface area (Å²) in [5, 5.41) is 19.6. The van der Waals surface area contributed by atoms with E-state index in [0.717, 1.165) is 0 Å². The normalized spacial score (nSPS) is 7.86. The van der Waals surface area contributed by atoms with Crippen LogP contribution in [0.1, 0.15) is 0 Å². The minimum Gasteiger partial charge on any atom is -0.450 e. The highest BCUT2D eigenvalue weighted by molar-refractivity contribution is 8.11. The molecule has 0 fully saturated rings. The number of thiocarbonyl (C=S) groups is 2.